The van der Waals surface area contributed by atoms with Crippen LogP contribution in [0.1, 0.15) is 104 Å². The normalized spacial score (nSPS) is 22.1. The highest BCUT2D eigenvalue weighted by atomic mass is 19.4. The molecular weight excluding hydrogens is 622 g/mol. The fourth-order valence-electron chi connectivity index (χ4n) is 7.11. The summed E-state index contributed by atoms with van der Waals surface area (Å²) < 4.78 is 74.7. The van der Waals surface area contributed by atoms with Gasteiger partial charge in [-0.3, -0.25) is 9.69 Å². The number of esters is 1. The molecule has 2 aliphatic rings. The zero-order valence-electron chi connectivity index (χ0n) is 29.9. The first-order chi connectivity index (χ1) is 22.2. The third-order valence-corrected chi connectivity index (χ3v) is 9.78. The van der Waals surface area contributed by atoms with Gasteiger partial charge >= 0.3 is 12.1 Å². The molecule has 266 valence electrons. The lowest BCUT2D eigenvalue weighted by Crippen LogP contribution is -2.47. The summed E-state index contributed by atoms with van der Waals surface area (Å²) in [5.41, 5.74) is 0.0795. The number of rotatable bonds is 11. The van der Waals surface area contributed by atoms with Gasteiger partial charge in [0.2, 0.25) is 0 Å². The molecule has 1 heterocycles. The Kier molecular flexibility index (Phi) is 11.5. The first-order valence-corrected chi connectivity index (χ1v) is 17.0. The van der Waals surface area contributed by atoms with Crippen molar-refractivity contribution in [1.29, 1.82) is 0 Å². The second-order valence-electron chi connectivity index (χ2n) is 15.9. The van der Waals surface area contributed by atoms with Crippen molar-refractivity contribution in [3.05, 3.63) is 71.0 Å². The van der Waals surface area contributed by atoms with Gasteiger partial charge in [0, 0.05) is 31.5 Å². The van der Waals surface area contributed by atoms with E-state index in [-0.39, 0.29) is 35.8 Å². The smallest absolute Gasteiger partial charge is 0.395 e. The first kappa shape index (κ1) is 37.9. The Morgan fingerprint density at radius 1 is 1.00 bits per heavy atom. The molecule has 5 nitrogen and oxygen atoms in total. The third-order valence-electron chi connectivity index (χ3n) is 9.78. The lowest BCUT2D eigenvalue weighted by molar-refractivity contribution is -0.217. The van der Waals surface area contributed by atoms with Crippen LogP contribution >= 0.6 is 0 Å². The average molecular weight is 676 g/mol. The van der Waals surface area contributed by atoms with Gasteiger partial charge in [-0.05, 0) is 122 Å². The highest BCUT2D eigenvalue weighted by Gasteiger charge is 2.48. The summed E-state index contributed by atoms with van der Waals surface area (Å²) in [6.45, 7) is 13.2. The molecule has 1 aliphatic carbocycles. The Balaban J connectivity index is 1.55. The van der Waals surface area contributed by atoms with Crippen molar-refractivity contribution in [2.75, 3.05) is 26.8 Å². The van der Waals surface area contributed by atoms with E-state index in [1.54, 1.807) is 27.9 Å². The summed E-state index contributed by atoms with van der Waals surface area (Å²) in [6, 6.07) is 15.4. The quantitative estimate of drug-likeness (QED) is 0.175. The van der Waals surface area contributed by atoms with Gasteiger partial charge in [-0.1, -0.05) is 36.4 Å². The van der Waals surface area contributed by atoms with Gasteiger partial charge in [0.05, 0.1) is 24.0 Å². The molecule has 2 atom stereocenters. The minimum atomic E-state index is -4.37. The van der Waals surface area contributed by atoms with Gasteiger partial charge in [-0.15, -0.1) is 0 Å². The minimum absolute atomic E-state index is 0.00406. The molecule has 0 N–H and O–H groups in total. The van der Waals surface area contributed by atoms with Crippen molar-refractivity contribution in [3.8, 4) is 5.75 Å². The summed E-state index contributed by atoms with van der Waals surface area (Å²) in [7, 11) is 1.62. The van der Waals surface area contributed by atoms with E-state index < -0.39 is 23.1 Å². The predicted molar refractivity (Wildman–Crippen MR) is 181 cm³/mol. The summed E-state index contributed by atoms with van der Waals surface area (Å²) in [5.74, 6) is -0.460. The van der Waals surface area contributed by atoms with E-state index in [2.05, 4.69) is 26.0 Å². The first-order valence-electron chi connectivity index (χ1n) is 17.0. The number of benzene rings is 2. The van der Waals surface area contributed by atoms with E-state index in [4.69, 9.17) is 14.2 Å². The molecule has 0 amide bonds. The molecule has 1 saturated heterocycles. The van der Waals surface area contributed by atoms with Crippen molar-refractivity contribution >= 4 is 11.5 Å². The van der Waals surface area contributed by atoms with Gasteiger partial charge in [0.1, 0.15) is 17.2 Å². The molecule has 48 heavy (non-hydrogen) atoms. The van der Waals surface area contributed by atoms with E-state index >= 15 is 4.39 Å². The molecule has 1 unspecified atom stereocenters. The van der Waals surface area contributed by atoms with Crippen LogP contribution in [0.4, 0.5) is 17.6 Å². The zero-order chi connectivity index (χ0) is 35.5. The molecule has 2 aromatic carbocycles. The van der Waals surface area contributed by atoms with Crippen LogP contribution in [0.3, 0.4) is 0 Å². The molecule has 4 rings (SSSR count). The van der Waals surface area contributed by atoms with E-state index in [1.165, 1.54) is 13.8 Å². The zero-order valence-corrected chi connectivity index (χ0v) is 29.9. The van der Waals surface area contributed by atoms with E-state index in [0.717, 1.165) is 35.3 Å². The largest absolute Gasteiger partial charge is 0.497 e. The molecule has 0 radical (unpaired) electrons. The van der Waals surface area contributed by atoms with Crippen LogP contribution in [0.2, 0.25) is 0 Å². The Hall–Kier alpha value is -2.91. The second-order valence-corrected chi connectivity index (χ2v) is 15.9. The fraction of sp³-hybridized carbons (Fsp3) is 0.615. The van der Waals surface area contributed by atoms with Crippen molar-refractivity contribution < 1.29 is 36.6 Å². The van der Waals surface area contributed by atoms with Crippen LogP contribution in [0.15, 0.2) is 54.4 Å². The Morgan fingerprint density at radius 2 is 1.65 bits per heavy atom. The third kappa shape index (κ3) is 9.62. The lowest BCUT2D eigenvalue weighted by Gasteiger charge is -2.46. The van der Waals surface area contributed by atoms with E-state index in [0.29, 0.717) is 44.5 Å². The number of carbonyl (C=O) groups is 1. The monoisotopic (exact) mass is 675 g/mol. The van der Waals surface area contributed by atoms with Gasteiger partial charge in [0.25, 0.3) is 0 Å². The summed E-state index contributed by atoms with van der Waals surface area (Å²) in [4.78, 5) is 14.4. The van der Waals surface area contributed by atoms with Crippen LogP contribution in [0.25, 0.3) is 5.57 Å². The molecule has 0 saturated carbocycles. The predicted octanol–water partition coefficient (Wildman–Crippen LogP) is 9.83. The second kappa shape index (κ2) is 14.5. The van der Waals surface area contributed by atoms with Gasteiger partial charge in [0.15, 0.2) is 0 Å². The van der Waals surface area contributed by atoms with Crippen molar-refractivity contribution in [3.63, 3.8) is 0 Å². The number of alkyl halides is 3. The van der Waals surface area contributed by atoms with Gasteiger partial charge in [-0.2, -0.15) is 13.2 Å². The van der Waals surface area contributed by atoms with Crippen molar-refractivity contribution in [2.24, 2.45) is 11.3 Å². The fourth-order valence-corrected chi connectivity index (χ4v) is 7.11. The maximum Gasteiger partial charge on any atom is 0.395 e. The maximum absolute atomic E-state index is 15.3. The molecule has 0 bridgehead atoms. The van der Waals surface area contributed by atoms with Gasteiger partial charge < -0.3 is 14.2 Å². The number of nitrogens with zero attached hydrogens (tertiary/aromatic N) is 1. The van der Waals surface area contributed by atoms with Crippen molar-refractivity contribution in [1.82, 2.24) is 4.90 Å². The molecule has 0 aromatic heterocycles. The van der Waals surface area contributed by atoms with Gasteiger partial charge in [-0.25, -0.2) is 4.39 Å². The molecular formula is C39H53F4NO4. The maximum atomic E-state index is 15.3. The Bertz CT molecular complexity index is 1420. The Labute approximate surface area is 284 Å². The summed E-state index contributed by atoms with van der Waals surface area (Å²) in [6.07, 6.45) is -1.28. The lowest BCUT2D eigenvalue weighted by atomic mass is 9.67. The van der Waals surface area contributed by atoms with E-state index in [9.17, 15) is 18.0 Å². The van der Waals surface area contributed by atoms with Crippen LogP contribution in [-0.2, 0) is 26.2 Å². The Morgan fingerprint density at radius 3 is 2.19 bits per heavy atom. The van der Waals surface area contributed by atoms with Crippen LogP contribution in [0, 0.1) is 11.3 Å². The summed E-state index contributed by atoms with van der Waals surface area (Å²) >= 11 is 0. The van der Waals surface area contributed by atoms with Crippen molar-refractivity contribution in [2.45, 2.75) is 116 Å². The highest BCUT2D eigenvalue weighted by molar-refractivity contribution is 5.77. The van der Waals surface area contributed by atoms with Crippen LogP contribution < -0.4 is 4.74 Å². The van der Waals surface area contributed by atoms with Crippen LogP contribution in [0.5, 0.6) is 5.75 Å². The summed E-state index contributed by atoms with van der Waals surface area (Å²) in [5, 5.41) is 0. The minimum Gasteiger partial charge on any atom is -0.497 e. The number of methoxy groups -OCH3 is 1. The highest BCUT2D eigenvalue weighted by Crippen LogP contribution is 2.45. The number of allylic oxidation sites excluding steroid dienone is 2. The molecule has 0 spiro atoms. The average Bonchev–Trinajstić information content (AvgIpc) is 2.98. The number of carbonyl (C=O) groups excluding carboxylic acids is 1. The number of hydrogen-bond donors (Lipinski definition) is 0. The SMILES string of the molecule is COc1ccc([C@]2(CCN(Cc3ccc(C4=C(F)CC(C(=O)OC(C)(C)C)CC4)cc3)CC(C)(C)C(F)(F)F)CCOC(C)(C)C2)cc1. The van der Waals surface area contributed by atoms with E-state index in [1.807, 2.05) is 41.3 Å². The number of halogens is 4. The number of ether oxygens (including phenoxy) is 3. The number of hydrogen-bond acceptors (Lipinski definition) is 5. The molecule has 9 heteroatoms. The standard InChI is InChI=1S/C39H53F4NO4/c1-35(2,3)48-34(45)29-13-18-32(33(40)23-29)28-11-9-27(10-12-28)24-44(26-36(4,5)39(41,42)43)21-19-38(20-22-47-37(6,7)25-38)30-14-16-31(46-8)17-15-30/h9-12,14-17,29H,13,18-26H2,1-8H3/t29?,38-/m1/s1. The molecule has 1 aliphatic heterocycles. The molecule has 2 aromatic rings. The van der Waals surface area contributed by atoms with Crippen LogP contribution in [-0.4, -0.2) is 55.1 Å². The molecule has 1 fully saturated rings. The topological polar surface area (TPSA) is 48.0 Å².